The number of carbonyl (C=O) groups is 2. The molecule has 1 aliphatic heterocycles. The highest BCUT2D eigenvalue weighted by atomic mass is 16.2. The van der Waals surface area contributed by atoms with E-state index in [-0.39, 0.29) is 11.9 Å². The zero-order valence-corrected chi connectivity index (χ0v) is 10.7. The van der Waals surface area contributed by atoms with Gasteiger partial charge in [-0.15, -0.1) is 0 Å². The smallest absolute Gasteiger partial charge is 0.321 e. The summed E-state index contributed by atoms with van der Waals surface area (Å²) in [6, 6.07) is -0.369. The first-order valence-corrected chi connectivity index (χ1v) is 6.63. The van der Waals surface area contributed by atoms with Crippen LogP contribution in [-0.4, -0.2) is 38.1 Å². The van der Waals surface area contributed by atoms with E-state index in [9.17, 15) is 9.59 Å². The van der Waals surface area contributed by atoms with E-state index in [0.717, 1.165) is 19.5 Å². The van der Waals surface area contributed by atoms with Gasteiger partial charge in [-0.2, -0.15) is 0 Å². The summed E-state index contributed by atoms with van der Waals surface area (Å²) >= 11 is 0. The predicted octanol–water partition coefficient (Wildman–Crippen LogP) is -0.319. The second-order valence-corrected chi connectivity index (χ2v) is 4.65. The second-order valence-electron chi connectivity index (χ2n) is 4.65. The van der Waals surface area contributed by atoms with Crippen molar-refractivity contribution in [2.75, 3.05) is 26.2 Å². The Labute approximate surface area is 103 Å². The van der Waals surface area contributed by atoms with Crippen LogP contribution in [0.15, 0.2) is 0 Å². The van der Waals surface area contributed by atoms with Gasteiger partial charge in [-0.05, 0) is 32.1 Å². The first kappa shape index (κ1) is 14.0. The highest BCUT2D eigenvalue weighted by Gasteiger charge is 2.17. The van der Waals surface area contributed by atoms with Gasteiger partial charge in [-0.3, -0.25) is 10.1 Å². The maximum Gasteiger partial charge on any atom is 0.321 e. The van der Waals surface area contributed by atoms with Gasteiger partial charge >= 0.3 is 6.03 Å². The number of urea groups is 1. The molecule has 0 aromatic rings. The van der Waals surface area contributed by atoms with Gasteiger partial charge in [-0.25, -0.2) is 4.79 Å². The number of quaternary nitrogens is 1. The van der Waals surface area contributed by atoms with Crippen LogP contribution < -0.4 is 15.5 Å². The van der Waals surface area contributed by atoms with Crippen molar-refractivity contribution in [3.05, 3.63) is 0 Å². The fraction of sp³-hybridized carbons (Fsp3) is 0.833. The Balaban J connectivity index is 2.20. The molecule has 0 unspecified atom stereocenters. The minimum Gasteiger partial charge on any atom is -0.338 e. The van der Waals surface area contributed by atoms with Crippen LogP contribution in [0.25, 0.3) is 0 Å². The molecule has 0 aliphatic carbocycles. The molecule has 3 amide bonds. The monoisotopic (exact) mass is 242 g/mol. The van der Waals surface area contributed by atoms with Crippen molar-refractivity contribution < 1.29 is 14.5 Å². The molecule has 0 saturated carbocycles. The van der Waals surface area contributed by atoms with E-state index in [0.29, 0.717) is 13.1 Å². The Morgan fingerprint density at radius 2 is 1.76 bits per heavy atom. The summed E-state index contributed by atoms with van der Waals surface area (Å²) in [5.41, 5.74) is 0. The fourth-order valence-corrected chi connectivity index (χ4v) is 2.09. The molecule has 98 valence electrons. The van der Waals surface area contributed by atoms with Crippen molar-refractivity contribution in [1.29, 1.82) is 0 Å². The van der Waals surface area contributed by atoms with Crippen LogP contribution in [0.4, 0.5) is 4.79 Å². The summed E-state index contributed by atoms with van der Waals surface area (Å²) in [6.07, 6.45) is 5.78. The average Bonchev–Trinajstić information content (AvgIpc) is 2.54. The second kappa shape index (κ2) is 8.06. The maximum atomic E-state index is 11.6. The first-order chi connectivity index (χ1) is 8.22. The topological polar surface area (TPSA) is 62.6 Å². The number of amides is 3. The number of nitrogens with one attached hydrogen (secondary N) is 3. The van der Waals surface area contributed by atoms with Crippen LogP contribution in [0.1, 0.15) is 39.0 Å². The third kappa shape index (κ3) is 6.26. The largest absolute Gasteiger partial charge is 0.338 e. The molecule has 1 heterocycles. The van der Waals surface area contributed by atoms with E-state index in [4.69, 9.17) is 0 Å². The highest BCUT2D eigenvalue weighted by molar-refractivity contribution is 5.94. The molecular formula is C12H24N3O2+. The summed E-state index contributed by atoms with van der Waals surface area (Å²) in [4.78, 5) is 24.2. The standard InChI is InChI=1S/C12H23N3O2/c1-2-7-13-12(17)14-11(16)10-15-8-5-3-4-6-9-15/h2-10H2,1H3,(H2,13,14,16,17)/p+1. The number of likely N-dealkylation sites (tertiary alicyclic amines) is 1. The molecule has 5 nitrogen and oxygen atoms in total. The molecule has 0 spiro atoms. The lowest BCUT2D eigenvalue weighted by Gasteiger charge is -2.16. The number of carbonyl (C=O) groups excluding carboxylic acids is 2. The van der Waals surface area contributed by atoms with Crippen molar-refractivity contribution in [2.24, 2.45) is 0 Å². The van der Waals surface area contributed by atoms with Gasteiger partial charge in [0, 0.05) is 6.54 Å². The molecule has 1 rings (SSSR count). The molecule has 0 bridgehead atoms. The van der Waals surface area contributed by atoms with Gasteiger partial charge in [0.05, 0.1) is 13.1 Å². The highest BCUT2D eigenvalue weighted by Crippen LogP contribution is 1.98. The molecule has 1 saturated heterocycles. The van der Waals surface area contributed by atoms with E-state index in [1.807, 2.05) is 6.92 Å². The molecule has 1 aliphatic rings. The van der Waals surface area contributed by atoms with Crippen molar-refractivity contribution in [1.82, 2.24) is 10.6 Å². The summed E-state index contributed by atoms with van der Waals surface area (Å²) in [7, 11) is 0. The Morgan fingerprint density at radius 3 is 2.35 bits per heavy atom. The lowest BCUT2D eigenvalue weighted by atomic mass is 10.2. The quantitative estimate of drug-likeness (QED) is 0.633. The Hall–Kier alpha value is -1.10. The Bertz CT molecular complexity index is 248. The minimum atomic E-state index is -0.369. The van der Waals surface area contributed by atoms with Crippen molar-refractivity contribution in [3.63, 3.8) is 0 Å². The van der Waals surface area contributed by atoms with E-state index in [1.54, 1.807) is 0 Å². The number of imide groups is 1. The summed E-state index contributed by atoms with van der Waals surface area (Å²) < 4.78 is 0. The van der Waals surface area contributed by atoms with Crippen LogP contribution in [0, 0.1) is 0 Å². The average molecular weight is 242 g/mol. The zero-order chi connectivity index (χ0) is 12.5. The van der Waals surface area contributed by atoms with Crippen LogP contribution in [0.2, 0.25) is 0 Å². The Kier molecular flexibility index (Phi) is 6.62. The molecule has 17 heavy (non-hydrogen) atoms. The third-order valence-corrected chi connectivity index (χ3v) is 3.01. The molecule has 1 fully saturated rings. The molecule has 0 atom stereocenters. The lowest BCUT2D eigenvalue weighted by Crippen LogP contribution is -3.13. The van der Waals surface area contributed by atoms with Gasteiger partial charge in [0.25, 0.3) is 5.91 Å². The number of hydrogen-bond acceptors (Lipinski definition) is 2. The molecule has 3 N–H and O–H groups in total. The molecule has 0 aromatic carbocycles. The SMILES string of the molecule is CCCNC(=O)NC(=O)C[NH+]1CCCCCC1. The number of rotatable bonds is 4. The third-order valence-electron chi connectivity index (χ3n) is 3.01. The van der Waals surface area contributed by atoms with Crippen LogP contribution >= 0.6 is 0 Å². The van der Waals surface area contributed by atoms with E-state index in [2.05, 4.69) is 10.6 Å². The van der Waals surface area contributed by atoms with Crippen LogP contribution in [0.5, 0.6) is 0 Å². The van der Waals surface area contributed by atoms with Gasteiger partial charge in [0.2, 0.25) is 0 Å². The summed E-state index contributed by atoms with van der Waals surface area (Å²) in [5, 5.41) is 5.01. The zero-order valence-electron chi connectivity index (χ0n) is 10.7. The number of hydrogen-bond donors (Lipinski definition) is 3. The molecular weight excluding hydrogens is 218 g/mol. The van der Waals surface area contributed by atoms with Crippen LogP contribution in [-0.2, 0) is 4.79 Å². The summed E-state index contributed by atoms with van der Waals surface area (Å²) in [6.45, 7) is 5.09. The van der Waals surface area contributed by atoms with Crippen LogP contribution in [0.3, 0.4) is 0 Å². The van der Waals surface area contributed by atoms with Crippen molar-refractivity contribution in [3.8, 4) is 0 Å². The molecule has 0 aromatic heterocycles. The van der Waals surface area contributed by atoms with Crippen molar-refractivity contribution in [2.45, 2.75) is 39.0 Å². The van der Waals surface area contributed by atoms with Gasteiger partial charge in [0.15, 0.2) is 6.54 Å². The molecule has 5 heteroatoms. The van der Waals surface area contributed by atoms with Crippen molar-refractivity contribution >= 4 is 11.9 Å². The summed E-state index contributed by atoms with van der Waals surface area (Å²) in [5.74, 6) is -0.171. The van der Waals surface area contributed by atoms with Gasteiger partial charge in [-0.1, -0.05) is 6.92 Å². The van der Waals surface area contributed by atoms with E-state index < -0.39 is 0 Å². The minimum absolute atomic E-state index is 0.171. The maximum absolute atomic E-state index is 11.6. The fourth-order valence-electron chi connectivity index (χ4n) is 2.09. The van der Waals surface area contributed by atoms with Gasteiger partial charge < -0.3 is 10.2 Å². The predicted molar refractivity (Wildman–Crippen MR) is 65.9 cm³/mol. The van der Waals surface area contributed by atoms with Gasteiger partial charge in [0.1, 0.15) is 0 Å². The Morgan fingerprint density at radius 1 is 1.12 bits per heavy atom. The first-order valence-electron chi connectivity index (χ1n) is 6.63. The van der Waals surface area contributed by atoms with E-state index in [1.165, 1.54) is 30.6 Å². The normalized spacial score (nSPS) is 17.2. The van der Waals surface area contributed by atoms with E-state index >= 15 is 0 Å². The lowest BCUT2D eigenvalue weighted by molar-refractivity contribution is -0.891. The molecule has 0 radical (unpaired) electrons.